The molecule has 2 heterocycles. The van der Waals surface area contributed by atoms with Gasteiger partial charge in [0, 0.05) is 0 Å². The van der Waals surface area contributed by atoms with Crippen LogP contribution in [0.4, 0.5) is 0 Å². The van der Waals surface area contributed by atoms with E-state index in [1.165, 1.54) is 4.68 Å². The first kappa shape index (κ1) is 27.8. The van der Waals surface area contributed by atoms with Gasteiger partial charge in [0.2, 0.25) is 18.1 Å². The van der Waals surface area contributed by atoms with Crippen molar-refractivity contribution in [2.24, 2.45) is 11.5 Å². The van der Waals surface area contributed by atoms with Gasteiger partial charge in [-0.3, -0.25) is 9.48 Å². The fourth-order valence-electron chi connectivity index (χ4n) is 4.40. The molecule has 8 N–H and O–H groups in total. The smallest absolute Gasteiger partial charge is 0.243 e. The van der Waals surface area contributed by atoms with Crippen LogP contribution >= 0.6 is 0 Å². The summed E-state index contributed by atoms with van der Waals surface area (Å²) in [6.45, 7) is 0.333. The Balaban J connectivity index is 1.59. The third-order valence-electron chi connectivity index (χ3n) is 6.44. The van der Waals surface area contributed by atoms with Crippen LogP contribution in [0.2, 0.25) is 0 Å². The number of carbonyl (C=O) groups is 1. The Labute approximate surface area is 219 Å². The van der Waals surface area contributed by atoms with E-state index in [4.69, 9.17) is 25.7 Å². The first-order valence-electron chi connectivity index (χ1n) is 12.5. The molecule has 0 bridgehead atoms. The summed E-state index contributed by atoms with van der Waals surface area (Å²) >= 11 is 0. The SMILES string of the molecule is NCCCOc1ccc(CCc2cccc3c2c(O[C@@H]2O[C@H](CO)[C@@H](O)[C@H](O)[C@H]2O)nn3CC(N)=O)cc1. The monoisotopic (exact) mass is 530 g/mol. The Kier molecular flexibility index (Phi) is 9.15. The standard InChI is InChI=1S/C26H34N4O8/c27-11-2-12-36-17-9-6-15(7-10-17)5-8-16-3-1-4-18-21(16)25(29-30(18)13-20(28)32)38-26-24(35)23(34)22(33)19(14-31)37-26/h1,3-4,6-7,9-10,19,22-24,26,31,33-35H,2,5,8,11-14,27H2,(H2,28,32)/t19-,22-,23+,24-,26+/m1/s1. The number of aliphatic hydroxyl groups excluding tert-OH is 4. The molecule has 5 atom stereocenters. The minimum Gasteiger partial charge on any atom is -0.494 e. The minimum atomic E-state index is -1.61. The summed E-state index contributed by atoms with van der Waals surface area (Å²) in [5, 5.41) is 45.2. The first-order valence-corrected chi connectivity index (χ1v) is 12.5. The Morgan fingerprint density at radius 1 is 1.05 bits per heavy atom. The van der Waals surface area contributed by atoms with Crippen molar-refractivity contribution < 1.29 is 39.4 Å². The maximum absolute atomic E-state index is 11.7. The normalized spacial score (nSPS) is 23.4. The molecule has 0 saturated carbocycles. The lowest BCUT2D eigenvalue weighted by Gasteiger charge is -2.39. The van der Waals surface area contributed by atoms with Crippen LogP contribution in [0, 0.1) is 0 Å². The van der Waals surface area contributed by atoms with Gasteiger partial charge in [-0.1, -0.05) is 24.3 Å². The van der Waals surface area contributed by atoms with Crippen LogP contribution in [-0.4, -0.2) is 86.6 Å². The lowest BCUT2D eigenvalue weighted by molar-refractivity contribution is -0.278. The van der Waals surface area contributed by atoms with Crippen molar-refractivity contribution in [3.05, 3.63) is 53.6 Å². The lowest BCUT2D eigenvalue weighted by atomic mass is 9.99. The zero-order valence-corrected chi connectivity index (χ0v) is 20.8. The van der Waals surface area contributed by atoms with Gasteiger partial charge in [-0.15, -0.1) is 5.10 Å². The van der Waals surface area contributed by atoms with Crippen LogP contribution < -0.4 is 20.9 Å². The van der Waals surface area contributed by atoms with Crippen molar-refractivity contribution in [1.29, 1.82) is 0 Å². The number of nitrogens with zero attached hydrogens (tertiary/aromatic N) is 2. The molecule has 1 amide bonds. The zero-order chi connectivity index (χ0) is 27.2. The number of amides is 1. The van der Waals surface area contributed by atoms with E-state index < -0.39 is 43.2 Å². The molecule has 0 unspecified atom stereocenters. The van der Waals surface area contributed by atoms with E-state index in [0.29, 0.717) is 36.9 Å². The molecule has 2 aromatic carbocycles. The third kappa shape index (κ3) is 6.23. The van der Waals surface area contributed by atoms with Gasteiger partial charge in [0.05, 0.1) is 24.1 Å². The maximum Gasteiger partial charge on any atom is 0.243 e. The van der Waals surface area contributed by atoms with Crippen LogP contribution in [0.5, 0.6) is 11.6 Å². The van der Waals surface area contributed by atoms with Crippen molar-refractivity contribution in [2.75, 3.05) is 19.8 Å². The Bertz CT molecular complexity index is 1220. The van der Waals surface area contributed by atoms with Gasteiger partial charge in [-0.2, -0.15) is 0 Å². The van der Waals surface area contributed by atoms with Gasteiger partial charge >= 0.3 is 0 Å². The number of ether oxygens (including phenoxy) is 3. The molecular formula is C26H34N4O8. The maximum atomic E-state index is 11.7. The largest absolute Gasteiger partial charge is 0.494 e. The quantitative estimate of drug-likeness (QED) is 0.162. The lowest BCUT2D eigenvalue weighted by Crippen LogP contribution is -2.60. The van der Waals surface area contributed by atoms with Crippen LogP contribution in [0.1, 0.15) is 17.5 Å². The molecule has 1 aliphatic rings. The fourth-order valence-corrected chi connectivity index (χ4v) is 4.40. The highest BCUT2D eigenvalue weighted by molar-refractivity contribution is 5.89. The van der Waals surface area contributed by atoms with E-state index in [1.807, 2.05) is 36.4 Å². The number of rotatable bonds is 12. The van der Waals surface area contributed by atoms with Crippen LogP contribution in [0.3, 0.4) is 0 Å². The highest BCUT2D eigenvalue weighted by Gasteiger charge is 2.45. The summed E-state index contributed by atoms with van der Waals surface area (Å²) < 4.78 is 18.4. The van der Waals surface area contributed by atoms with E-state index in [9.17, 15) is 25.2 Å². The second kappa shape index (κ2) is 12.5. The average molecular weight is 531 g/mol. The average Bonchev–Trinajstić information content (AvgIpc) is 3.25. The topological polar surface area (TPSA) is 196 Å². The molecule has 12 heteroatoms. The molecule has 0 aliphatic carbocycles. The molecule has 206 valence electrons. The second-order valence-corrected chi connectivity index (χ2v) is 9.19. The molecule has 1 fully saturated rings. The molecule has 0 spiro atoms. The molecule has 0 radical (unpaired) electrons. The van der Waals surface area contributed by atoms with Gasteiger partial charge < -0.3 is 46.1 Å². The number of carbonyl (C=O) groups excluding carboxylic acids is 1. The number of hydrogen-bond acceptors (Lipinski definition) is 10. The molecule has 1 saturated heterocycles. The summed E-state index contributed by atoms with van der Waals surface area (Å²) in [7, 11) is 0. The third-order valence-corrected chi connectivity index (χ3v) is 6.44. The van der Waals surface area contributed by atoms with Crippen LogP contribution in [0.15, 0.2) is 42.5 Å². The van der Waals surface area contributed by atoms with E-state index in [-0.39, 0.29) is 12.4 Å². The molecule has 12 nitrogen and oxygen atoms in total. The summed E-state index contributed by atoms with van der Waals surface area (Å²) in [6.07, 6.45) is -5.24. The number of hydrogen-bond donors (Lipinski definition) is 6. The van der Waals surface area contributed by atoms with Crippen molar-refractivity contribution in [1.82, 2.24) is 9.78 Å². The highest BCUT2D eigenvalue weighted by Crippen LogP contribution is 2.32. The Morgan fingerprint density at radius 3 is 2.50 bits per heavy atom. The number of aromatic nitrogens is 2. The number of aryl methyl sites for hydroxylation is 2. The number of benzene rings is 2. The van der Waals surface area contributed by atoms with Crippen LogP contribution in [-0.2, 0) is 28.9 Å². The van der Waals surface area contributed by atoms with Gasteiger partial charge in [-0.05, 0) is 55.1 Å². The van der Waals surface area contributed by atoms with E-state index >= 15 is 0 Å². The molecular weight excluding hydrogens is 496 g/mol. The van der Waals surface area contributed by atoms with E-state index in [1.54, 1.807) is 6.07 Å². The van der Waals surface area contributed by atoms with E-state index in [2.05, 4.69) is 5.10 Å². The fraction of sp³-hybridized carbons (Fsp3) is 0.462. The van der Waals surface area contributed by atoms with Crippen molar-refractivity contribution in [2.45, 2.75) is 56.5 Å². The molecule has 4 rings (SSSR count). The molecule has 1 aromatic heterocycles. The number of fused-ring (bicyclic) bond motifs is 1. The van der Waals surface area contributed by atoms with Gasteiger partial charge in [-0.25, -0.2) is 0 Å². The number of nitrogens with two attached hydrogens (primary N) is 2. The predicted molar refractivity (Wildman–Crippen MR) is 136 cm³/mol. The highest BCUT2D eigenvalue weighted by atomic mass is 16.7. The summed E-state index contributed by atoms with van der Waals surface area (Å²) in [5.74, 6) is 0.227. The van der Waals surface area contributed by atoms with Crippen LogP contribution in [0.25, 0.3) is 10.9 Å². The van der Waals surface area contributed by atoms with Crippen molar-refractivity contribution in [3.63, 3.8) is 0 Å². The first-order chi connectivity index (χ1) is 18.3. The molecule has 1 aliphatic heterocycles. The zero-order valence-electron chi connectivity index (χ0n) is 20.8. The number of aliphatic hydroxyl groups is 4. The van der Waals surface area contributed by atoms with E-state index in [0.717, 1.165) is 23.3 Å². The van der Waals surface area contributed by atoms with Crippen molar-refractivity contribution >= 4 is 16.8 Å². The molecule has 38 heavy (non-hydrogen) atoms. The predicted octanol–water partition coefficient (Wildman–Crippen LogP) is -0.787. The summed E-state index contributed by atoms with van der Waals surface area (Å²) in [6, 6.07) is 13.3. The number of primary amides is 1. The van der Waals surface area contributed by atoms with Gasteiger partial charge in [0.15, 0.2) is 0 Å². The summed E-state index contributed by atoms with van der Waals surface area (Å²) in [4.78, 5) is 11.7. The Hall–Kier alpha value is -3.26. The Morgan fingerprint density at radius 2 is 1.82 bits per heavy atom. The molecule has 3 aromatic rings. The summed E-state index contributed by atoms with van der Waals surface area (Å²) in [5.41, 5.74) is 13.4. The van der Waals surface area contributed by atoms with Crippen molar-refractivity contribution in [3.8, 4) is 11.6 Å². The van der Waals surface area contributed by atoms with Gasteiger partial charge in [0.1, 0.15) is 36.7 Å². The second-order valence-electron chi connectivity index (χ2n) is 9.19. The minimum absolute atomic E-state index is 0.0600. The van der Waals surface area contributed by atoms with Gasteiger partial charge in [0.25, 0.3) is 0 Å².